The Hall–Kier alpha value is -1.38. The van der Waals surface area contributed by atoms with E-state index in [1.807, 2.05) is 27.7 Å². The van der Waals surface area contributed by atoms with Crippen molar-refractivity contribution in [3.8, 4) is 6.01 Å². The van der Waals surface area contributed by atoms with Crippen LogP contribution in [0.2, 0.25) is 0 Å². The normalized spacial score (nSPS) is 24.6. The summed E-state index contributed by atoms with van der Waals surface area (Å²) in [5.74, 6) is -0.0868. The van der Waals surface area contributed by atoms with Crippen molar-refractivity contribution in [3.63, 3.8) is 0 Å². The van der Waals surface area contributed by atoms with Crippen LogP contribution in [0, 0.1) is 0 Å². The predicted octanol–water partition coefficient (Wildman–Crippen LogP) is 0.994. The topological polar surface area (TPSA) is 73.8 Å². The van der Waals surface area contributed by atoms with E-state index in [-0.39, 0.29) is 23.9 Å². The van der Waals surface area contributed by atoms with Crippen molar-refractivity contribution in [1.82, 2.24) is 14.9 Å². The zero-order valence-corrected chi connectivity index (χ0v) is 15.7. The number of hydrogen-bond donors (Lipinski definition) is 0. The summed E-state index contributed by atoms with van der Waals surface area (Å²) >= 11 is 5.58. The summed E-state index contributed by atoms with van der Waals surface area (Å²) in [5.41, 5.74) is -0.0686. The molecule has 3 heterocycles. The van der Waals surface area contributed by atoms with Gasteiger partial charge in [-0.3, -0.25) is 4.79 Å². The molecule has 3 rings (SSSR count). The maximum Gasteiger partial charge on any atom is 0.498 e. The molecule has 1 atom stereocenters. The van der Waals surface area contributed by atoms with E-state index in [1.165, 1.54) is 0 Å². The zero-order valence-electron chi connectivity index (χ0n) is 15.0. The van der Waals surface area contributed by atoms with Gasteiger partial charge in [0.2, 0.25) is 5.91 Å². The second-order valence-corrected chi connectivity index (χ2v) is 7.66. The van der Waals surface area contributed by atoms with Crippen LogP contribution in [0.1, 0.15) is 34.1 Å². The van der Waals surface area contributed by atoms with Gasteiger partial charge in [0.15, 0.2) is 0 Å². The van der Waals surface area contributed by atoms with E-state index in [2.05, 4.69) is 9.97 Å². The van der Waals surface area contributed by atoms with E-state index in [0.29, 0.717) is 13.1 Å². The molecule has 1 amide bonds. The highest BCUT2D eigenvalue weighted by Crippen LogP contribution is 2.36. The third-order valence-electron chi connectivity index (χ3n) is 5.06. The van der Waals surface area contributed by atoms with Gasteiger partial charge in [-0.15, -0.1) is 11.6 Å². The number of alkyl halides is 1. The van der Waals surface area contributed by atoms with Crippen LogP contribution in [0.15, 0.2) is 12.4 Å². The molecule has 25 heavy (non-hydrogen) atoms. The highest BCUT2D eigenvalue weighted by Gasteiger charge is 2.52. The van der Waals surface area contributed by atoms with Crippen molar-refractivity contribution in [2.75, 3.05) is 19.0 Å². The summed E-state index contributed by atoms with van der Waals surface area (Å²) in [6.07, 6.45) is 3.93. The molecule has 2 aliphatic rings. The second kappa shape index (κ2) is 6.74. The minimum atomic E-state index is -0.498. The van der Waals surface area contributed by atoms with E-state index in [1.54, 1.807) is 17.3 Å². The number of likely N-dealkylation sites (tertiary alicyclic amines) is 1. The van der Waals surface area contributed by atoms with Crippen LogP contribution < -0.4 is 10.2 Å². The fourth-order valence-electron chi connectivity index (χ4n) is 2.77. The average molecular weight is 368 g/mol. The highest BCUT2D eigenvalue weighted by molar-refractivity contribution is 6.61. The van der Waals surface area contributed by atoms with Crippen LogP contribution >= 0.6 is 11.6 Å². The monoisotopic (exact) mass is 367 g/mol. The molecule has 0 aliphatic carbocycles. The Morgan fingerprint density at radius 1 is 1.32 bits per heavy atom. The van der Waals surface area contributed by atoms with Gasteiger partial charge in [-0.25, -0.2) is 9.97 Å². The van der Waals surface area contributed by atoms with Gasteiger partial charge in [-0.2, -0.15) is 0 Å². The summed E-state index contributed by atoms with van der Waals surface area (Å²) < 4.78 is 17.7. The maximum absolute atomic E-state index is 11.6. The van der Waals surface area contributed by atoms with Gasteiger partial charge in [0.05, 0.1) is 17.7 Å². The van der Waals surface area contributed by atoms with Crippen LogP contribution in [0.25, 0.3) is 0 Å². The molecule has 9 heteroatoms. The Labute approximate surface area is 153 Å². The van der Waals surface area contributed by atoms with Gasteiger partial charge in [0, 0.05) is 30.8 Å². The Morgan fingerprint density at radius 2 is 1.92 bits per heavy atom. The zero-order chi connectivity index (χ0) is 18.2. The van der Waals surface area contributed by atoms with Gasteiger partial charge in [-0.05, 0) is 27.7 Å². The lowest BCUT2D eigenvalue weighted by molar-refractivity contribution is -0.127. The van der Waals surface area contributed by atoms with Crippen molar-refractivity contribution < 1.29 is 18.8 Å². The Balaban J connectivity index is 1.60. The van der Waals surface area contributed by atoms with Gasteiger partial charge in [0.1, 0.15) is 12.0 Å². The molecule has 0 saturated carbocycles. The molecule has 7 nitrogen and oxygen atoms in total. The van der Waals surface area contributed by atoms with Crippen LogP contribution in [0.3, 0.4) is 0 Å². The Bertz CT molecular complexity index is 625. The molecule has 1 aromatic rings. The number of ether oxygens (including phenoxy) is 1. The van der Waals surface area contributed by atoms with Crippen molar-refractivity contribution in [2.24, 2.45) is 0 Å². The van der Waals surface area contributed by atoms with Crippen molar-refractivity contribution in [3.05, 3.63) is 12.4 Å². The molecule has 136 valence electrons. The molecule has 0 radical (unpaired) electrons. The first kappa shape index (κ1) is 18.4. The summed E-state index contributed by atoms with van der Waals surface area (Å²) in [6.45, 7) is 9.15. The summed E-state index contributed by atoms with van der Waals surface area (Å²) in [6, 6.07) is 0.283. The summed E-state index contributed by atoms with van der Waals surface area (Å²) in [4.78, 5) is 21.8. The molecule has 2 fully saturated rings. The molecular formula is C16H23BClN3O4. The molecule has 0 N–H and O–H groups in total. The maximum atomic E-state index is 11.6. The van der Waals surface area contributed by atoms with Crippen molar-refractivity contribution >= 4 is 30.1 Å². The van der Waals surface area contributed by atoms with Gasteiger partial charge >= 0.3 is 13.1 Å². The number of rotatable bonds is 4. The largest absolute Gasteiger partial charge is 0.498 e. The molecule has 0 bridgehead atoms. The molecule has 1 aromatic heterocycles. The van der Waals surface area contributed by atoms with Crippen LogP contribution in [0.5, 0.6) is 6.01 Å². The number of halogens is 1. The van der Waals surface area contributed by atoms with E-state index in [4.69, 9.17) is 25.6 Å². The lowest BCUT2D eigenvalue weighted by Crippen LogP contribution is -2.41. The fourth-order valence-corrected chi connectivity index (χ4v) is 2.94. The first-order chi connectivity index (χ1) is 11.7. The van der Waals surface area contributed by atoms with E-state index in [9.17, 15) is 4.79 Å². The number of carbonyl (C=O) groups is 1. The molecular weight excluding hydrogens is 344 g/mol. The van der Waals surface area contributed by atoms with Gasteiger partial charge in [0.25, 0.3) is 0 Å². The molecule has 1 unspecified atom stereocenters. The lowest BCUT2D eigenvalue weighted by atomic mass is 9.81. The Kier molecular flexibility index (Phi) is 4.96. The van der Waals surface area contributed by atoms with Crippen molar-refractivity contribution in [2.45, 2.75) is 51.4 Å². The number of amides is 1. The standard InChI is InChI=1S/C16H23BClN3O4/c1-15(2)16(3,4)25-17(24-15)11-8-19-14(20-9-11)23-12-5-6-21(10-12)13(22)7-18/h8-9,12H,5-7,10H2,1-4H3. The van der Waals surface area contributed by atoms with Crippen LogP contribution in [0.4, 0.5) is 0 Å². The third kappa shape index (κ3) is 3.76. The summed E-state index contributed by atoms with van der Waals surface area (Å²) in [5, 5.41) is 0. The minimum Gasteiger partial charge on any atom is -0.458 e. The molecule has 2 saturated heterocycles. The number of nitrogens with zero attached hydrogens (tertiary/aromatic N) is 3. The predicted molar refractivity (Wildman–Crippen MR) is 94.1 cm³/mol. The van der Waals surface area contributed by atoms with E-state index in [0.717, 1.165) is 11.9 Å². The average Bonchev–Trinajstić information content (AvgIpc) is 3.10. The smallest absolute Gasteiger partial charge is 0.458 e. The molecule has 2 aliphatic heterocycles. The van der Waals surface area contributed by atoms with Gasteiger partial charge in [-0.1, -0.05) is 0 Å². The summed E-state index contributed by atoms with van der Waals surface area (Å²) in [7, 11) is -0.498. The van der Waals surface area contributed by atoms with Crippen molar-refractivity contribution in [1.29, 1.82) is 0 Å². The van der Waals surface area contributed by atoms with Gasteiger partial charge < -0.3 is 18.9 Å². The SMILES string of the molecule is CC1(C)OB(c2cnc(OC3CCN(C(=O)CCl)C3)nc2)OC1(C)C. The molecule has 0 aromatic carbocycles. The van der Waals surface area contributed by atoms with Crippen LogP contribution in [-0.4, -0.2) is 64.2 Å². The van der Waals surface area contributed by atoms with E-state index < -0.39 is 18.3 Å². The fraction of sp³-hybridized carbons (Fsp3) is 0.688. The number of hydrogen-bond acceptors (Lipinski definition) is 6. The highest BCUT2D eigenvalue weighted by atomic mass is 35.5. The first-order valence-corrected chi connectivity index (χ1v) is 8.93. The molecule has 0 spiro atoms. The Morgan fingerprint density at radius 3 is 2.48 bits per heavy atom. The second-order valence-electron chi connectivity index (χ2n) is 7.39. The lowest BCUT2D eigenvalue weighted by Gasteiger charge is -2.32. The first-order valence-electron chi connectivity index (χ1n) is 8.40. The van der Waals surface area contributed by atoms with Crippen LogP contribution in [-0.2, 0) is 14.1 Å². The number of aromatic nitrogens is 2. The quantitative estimate of drug-likeness (QED) is 0.584. The minimum absolute atomic E-state index is 0.00793. The number of carbonyl (C=O) groups excluding carboxylic acids is 1. The third-order valence-corrected chi connectivity index (χ3v) is 5.29. The van der Waals surface area contributed by atoms with E-state index >= 15 is 0 Å².